The van der Waals surface area contributed by atoms with Gasteiger partial charge in [0, 0.05) is 16.6 Å². The standard InChI is InChI=1S/C17H12ClF2N3/c1-8(2)11-4-9(3)22-16-12(11)5-10(6-13(16)19)15-14(20)7-21-17(18)23-15/h4-7H,1H2,2-3H3. The van der Waals surface area contributed by atoms with Crippen molar-refractivity contribution in [1.29, 1.82) is 0 Å². The van der Waals surface area contributed by atoms with Gasteiger partial charge in [0.05, 0.1) is 6.20 Å². The Labute approximate surface area is 136 Å². The molecule has 3 nitrogen and oxygen atoms in total. The van der Waals surface area contributed by atoms with Crippen LogP contribution in [0.4, 0.5) is 8.78 Å². The fourth-order valence-electron chi connectivity index (χ4n) is 2.45. The number of hydrogen-bond acceptors (Lipinski definition) is 3. The van der Waals surface area contributed by atoms with E-state index in [0.717, 1.165) is 17.3 Å². The molecule has 0 unspecified atom stereocenters. The SMILES string of the molecule is C=C(C)c1cc(C)nc2c(F)cc(-c3nc(Cl)ncc3F)cc12. The Bertz CT molecular complexity index is 954. The lowest BCUT2D eigenvalue weighted by Crippen LogP contribution is -1.97. The van der Waals surface area contributed by atoms with Crippen molar-refractivity contribution in [2.24, 2.45) is 0 Å². The number of benzene rings is 1. The summed E-state index contributed by atoms with van der Waals surface area (Å²) in [5.74, 6) is -1.23. The molecule has 116 valence electrons. The van der Waals surface area contributed by atoms with Crippen molar-refractivity contribution in [1.82, 2.24) is 15.0 Å². The van der Waals surface area contributed by atoms with E-state index in [-0.39, 0.29) is 22.1 Å². The Kier molecular flexibility index (Phi) is 3.82. The molecule has 3 aromatic rings. The summed E-state index contributed by atoms with van der Waals surface area (Å²) in [5.41, 5.74) is 2.63. The Balaban J connectivity index is 2.37. The van der Waals surface area contributed by atoms with E-state index in [4.69, 9.17) is 11.6 Å². The second-order valence-corrected chi connectivity index (χ2v) is 5.62. The van der Waals surface area contributed by atoms with Gasteiger partial charge in [0.15, 0.2) is 5.82 Å². The van der Waals surface area contributed by atoms with Gasteiger partial charge in [-0.05, 0) is 49.2 Å². The number of pyridine rings is 1. The zero-order valence-corrected chi connectivity index (χ0v) is 13.2. The van der Waals surface area contributed by atoms with Crippen LogP contribution in [0.15, 0.2) is 31.0 Å². The van der Waals surface area contributed by atoms with Gasteiger partial charge in [0.2, 0.25) is 5.28 Å². The van der Waals surface area contributed by atoms with Crippen LogP contribution in [0.2, 0.25) is 5.28 Å². The third-order valence-electron chi connectivity index (χ3n) is 3.44. The van der Waals surface area contributed by atoms with Crippen molar-refractivity contribution in [3.63, 3.8) is 0 Å². The summed E-state index contributed by atoms with van der Waals surface area (Å²) in [6.45, 7) is 7.51. The van der Waals surface area contributed by atoms with Crippen LogP contribution in [0.3, 0.4) is 0 Å². The lowest BCUT2D eigenvalue weighted by Gasteiger charge is -2.11. The van der Waals surface area contributed by atoms with Crippen LogP contribution < -0.4 is 0 Å². The van der Waals surface area contributed by atoms with E-state index in [9.17, 15) is 8.78 Å². The predicted octanol–water partition coefficient (Wildman–Crippen LogP) is 4.96. The molecule has 2 aromatic heterocycles. The van der Waals surface area contributed by atoms with Gasteiger partial charge in [-0.25, -0.2) is 18.7 Å². The first-order valence-corrected chi connectivity index (χ1v) is 7.20. The summed E-state index contributed by atoms with van der Waals surface area (Å²) in [4.78, 5) is 11.6. The van der Waals surface area contributed by atoms with Crippen LogP contribution in [-0.4, -0.2) is 15.0 Å². The van der Waals surface area contributed by atoms with Gasteiger partial charge in [-0.3, -0.25) is 4.98 Å². The Morgan fingerprint density at radius 3 is 2.57 bits per heavy atom. The minimum absolute atomic E-state index is 0.0564. The van der Waals surface area contributed by atoms with E-state index in [1.54, 1.807) is 13.0 Å². The van der Waals surface area contributed by atoms with E-state index >= 15 is 0 Å². The van der Waals surface area contributed by atoms with Gasteiger partial charge < -0.3 is 0 Å². The van der Waals surface area contributed by atoms with Crippen LogP contribution >= 0.6 is 11.6 Å². The molecule has 1 aromatic carbocycles. The normalized spacial score (nSPS) is 11.0. The van der Waals surface area contributed by atoms with Crippen LogP contribution in [0.25, 0.3) is 27.7 Å². The van der Waals surface area contributed by atoms with E-state index in [1.807, 2.05) is 13.0 Å². The first kappa shape index (κ1) is 15.5. The smallest absolute Gasteiger partial charge is 0.223 e. The summed E-state index contributed by atoms with van der Waals surface area (Å²) >= 11 is 5.72. The monoisotopic (exact) mass is 331 g/mol. The molecule has 0 amide bonds. The van der Waals surface area contributed by atoms with Crippen LogP contribution in [0, 0.1) is 18.6 Å². The molecule has 3 rings (SSSR count). The predicted molar refractivity (Wildman–Crippen MR) is 87.1 cm³/mol. The van der Waals surface area contributed by atoms with Crippen LogP contribution in [-0.2, 0) is 0 Å². The zero-order valence-electron chi connectivity index (χ0n) is 12.5. The minimum atomic E-state index is -0.676. The number of halogens is 3. The van der Waals surface area contributed by atoms with Crippen molar-refractivity contribution < 1.29 is 8.78 Å². The van der Waals surface area contributed by atoms with E-state index in [1.165, 1.54) is 6.07 Å². The quantitative estimate of drug-likeness (QED) is 0.623. The summed E-state index contributed by atoms with van der Waals surface area (Å²) in [5, 5.41) is 0.441. The molecule has 0 N–H and O–H groups in total. The van der Waals surface area contributed by atoms with Crippen molar-refractivity contribution in [2.75, 3.05) is 0 Å². The van der Waals surface area contributed by atoms with Crippen molar-refractivity contribution in [2.45, 2.75) is 13.8 Å². The topological polar surface area (TPSA) is 38.7 Å². The number of hydrogen-bond donors (Lipinski definition) is 0. The maximum absolute atomic E-state index is 14.5. The molecule has 0 spiro atoms. The second kappa shape index (κ2) is 5.66. The number of rotatable bonds is 2. The van der Waals surface area contributed by atoms with E-state index < -0.39 is 11.6 Å². The van der Waals surface area contributed by atoms with Crippen LogP contribution in [0.5, 0.6) is 0 Å². The molecule has 0 atom stereocenters. The zero-order chi connectivity index (χ0) is 16.7. The molecule has 2 heterocycles. The largest absolute Gasteiger partial charge is 0.250 e. The average Bonchev–Trinajstić information content (AvgIpc) is 2.49. The minimum Gasteiger partial charge on any atom is -0.250 e. The molecule has 0 radical (unpaired) electrons. The highest BCUT2D eigenvalue weighted by Crippen LogP contribution is 2.31. The maximum Gasteiger partial charge on any atom is 0.223 e. The molecule has 0 saturated carbocycles. The summed E-state index contributed by atoms with van der Waals surface area (Å²) in [7, 11) is 0. The Morgan fingerprint density at radius 1 is 1.13 bits per heavy atom. The van der Waals surface area contributed by atoms with Gasteiger partial charge in [-0.15, -0.1) is 0 Å². The fourth-order valence-corrected chi connectivity index (χ4v) is 2.58. The van der Waals surface area contributed by atoms with E-state index in [0.29, 0.717) is 11.1 Å². The summed E-state index contributed by atoms with van der Waals surface area (Å²) < 4.78 is 28.5. The van der Waals surface area contributed by atoms with Gasteiger partial charge >= 0.3 is 0 Å². The Hall–Kier alpha value is -2.40. The molecule has 0 saturated heterocycles. The molecular formula is C17H12ClF2N3. The molecular weight excluding hydrogens is 320 g/mol. The average molecular weight is 332 g/mol. The first-order valence-electron chi connectivity index (χ1n) is 6.82. The molecule has 0 aliphatic carbocycles. The summed E-state index contributed by atoms with van der Waals surface area (Å²) in [6.07, 6.45) is 0.958. The molecule has 0 bridgehead atoms. The number of aryl methyl sites for hydroxylation is 1. The Morgan fingerprint density at radius 2 is 1.87 bits per heavy atom. The third kappa shape index (κ3) is 2.80. The third-order valence-corrected chi connectivity index (χ3v) is 3.62. The molecule has 23 heavy (non-hydrogen) atoms. The molecule has 0 aliphatic heterocycles. The van der Waals surface area contributed by atoms with Crippen molar-refractivity contribution in [3.8, 4) is 11.3 Å². The number of fused-ring (bicyclic) bond motifs is 1. The molecule has 0 fully saturated rings. The maximum atomic E-state index is 14.5. The van der Waals surface area contributed by atoms with Crippen LogP contribution in [0.1, 0.15) is 18.2 Å². The van der Waals surface area contributed by atoms with Gasteiger partial charge in [-0.1, -0.05) is 12.2 Å². The lowest BCUT2D eigenvalue weighted by atomic mass is 9.99. The number of nitrogens with zero attached hydrogens (tertiary/aromatic N) is 3. The highest BCUT2D eigenvalue weighted by molar-refractivity contribution is 6.28. The van der Waals surface area contributed by atoms with Crippen molar-refractivity contribution in [3.05, 3.63) is 59.2 Å². The number of aromatic nitrogens is 3. The highest BCUT2D eigenvalue weighted by atomic mass is 35.5. The first-order chi connectivity index (χ1) is 10.9. The van der Waals surface area contributed by atoms with Gasteiger partial charge in [0.25, 0.3) is 0 Å². The van der Waals surface area contributed by atoms with Crippen molar-refractivity contribution >= 4 is 28.1 Å². The lowest BCUT2D eigenvalue weighted by molar-refractivity contribution is 0.616. The molecule has 0 aliphatic rings. The van der Waals surface area contributed by atoms with E-state index in [2.05, 4.69) is 21.5 Å². The summed E-state index contributed by atoms with van der Waals surface area (Å²) in [6, 6.07) is 4.65. The van der Waals surface area contributed by atoms with Gasteiger partial charge in [-0.2, -0.15) is 0 Å². The highest BCUT2D eigenvalue weighted by Gasteiger charge is 2.15. The van der Waals surface area contributed by atoms with Gasteiger partial charge in [0.1, 0.15) is 17.0 Å². The molecule has 6 heteroatoms. The second-order valence-electron chi connectivity index (χ2n) is 5.28. The number of allylic oxidation sites excluding steroid dienone is 1. The fraction of sp³-hybridized carbons (Fsp3) is 0.118.